The maximum Gasteiger partial charge on any atom is 0.257 e. The highest BCUT2D eigenvalue weighted by atomic mass is 16.5. The molecule has 5 heteroatoms. The minimum absolute atomic E-state index is 0.0331. The molecule has 104 valence electrons. The third-order valence-electron chi connectivity index (χ3n) is 3.38. The molecule has 2 rings (SSSR count). The molecule has 1 aliphatic rings. The summed E-state index contributed by atoms with van der Waals surface area (Å²) in [4.78, 5) is 18.6. The topological polar surface area (TPSA) is 54.5 Å². The van der Waals surface area contributed by atoms with E-state index in [1.54, 1.807) is 19.4 Å². The summed E-state index contributed by atoms with van der Waals surface area (Å²) in [5.74, 6) is 0.695. The zero-order chi connectivity index (χ0) is 13.7. The number of nitrogens with one attached hydrogen (secondary N) is 1. The van der Waals surface area contributed by atoms with Gasteiger partial charge in [0.1, 0.15) is 5.82 Å². The predicted molar refractivity (Wildman–Crippen MR) is 74.3 cm³/mol. The lowest BCUT2D eigenvalue weighted by atomic mass is 10.1. The number of amides is 1. The van der Waals surface area contributed by atoms with E-state index in [4.69, 9.17) is 4.74 Å². The molecule has 1 unspecified atom stereocenters. The van der Waals surface area contributed by atoms with Crippen molar-refractivity contribution >= 4 is 11.7 Å². The van der Waals surface area contributed by atoms with Gasteiger partial charge in [0.05, 0.1) is 11.7 Å². The standard InChI is InChI=1S/C14H21N3O2/c1-3-15-13-12(7-4-8-16-13)14(18)17-9-5-6-11(10-17)19-2/h4,7-8,11H,3,5-6,9-10H2,1-2H3,(H,15,16). The minimum atomic E-state index is 0.0331. The number of aromatic nitrogens is 1. The monoisotopic (exact) mass is 263 g/mol. The van der Waals surface area contributed by atoms with Crippen LogP contribution in [0.25, 0.3) is 0 Å². The van der Waals surface area contributed by atoms with Crippen LogP contribution in [0.2, 0.25) is 0 Å². The number of hydrogen-bond acceptors (Lipinski definition) is 4. The van der Waals surface area contributed by atoms with Gasteiger partial charge in [0.2, 0.25) is 0 Å². The van der Waals surface area contributed by atoms with E-state index in [1.807, 2.05) is 17.9 Å². The van der Waals surface area contributed by atoms with Crippen LogP contribution in [-0.2, 0) is 4.74 Å². The molecule has 1 atom stereocenters. The van der Waals surface area contributed by atoms with Crippen LogP contribution in [-0.4, -0.2) is 48.6 Å². The molecular weight excluding hydrogens is 242 g/mol. The number of rotatable bonds is 4. The number of methoxy groups -OCH3 is 1. The molecule has 5 nitrogen and oxygen atoms in total. The number of likely N-dealkylation sites (tertiary alicyclic amines) is 1. The van der Waals surface area contributed by atoms with Crippen molar-refractivity contribution in [1.29, 1.82) is 0 Å². The Kier molecular flexibility index (Phi) is 4.74. The fourth-order valence-corrected chi connectivity index (χ4v) is 2.37. The molecule has 0 saturated carbocycles. The summed E-state index contributed by atoms with van der Waals surface area (Å²) >= 11 is 0. The Morgan fingerprint density at radius 3 is 3.21 bits per heavy atom. The molecule has 0 bridgehead atoms. The van der Waals surface area contributed by atoms with E-state index >= 15 is 0 Å². The number of piperidine rings is 1. The number of carbonyl (C=O) groups excluding carboxylic acids is 1. The second kappa shape index (κ2) is 6.52. The van der Waals surface area contributed by atoms with Gasteiger partial charge in [-0.15, -0.1) is 0 Å². The van der Waals surface area contributed by atoms with Crippen LogP contribution in [0.1, 0.15) is 30.1 Å². The van der Waals surface area contributed by atoms with Crippen LogP contribution in [0, 0.1) is 0 Å². The highest BCUT2D eigenvalue weighted by Gasteiger charge is 2.25. The Morgan fingerprint density at radius 1 is 1.63 bits per heavy atom. The lowest BCUT2D eigenvalue weighted by Crippen LogP contribution is -2.43. The van der Waals surface area contributed by atoms with E-state index in [1.165, 1.54) is 0 Å². The highest BCUT2D eigenvalue weighted by Crippen LogP contribution is 2.19. The van der Waals surface area contributed by atoms with E-state index in [9.17, 15) is 4.79 Å². The molecule has 0 aromatic carbocycles. The summed E-state index contributed by atoms with van der Waals surface area (Å²) in [6.45, 7) is 4.19. The van der Waals surface area contributed by atoms with Crippen molar-refractivity contribution in [3.63, 3.8) is 0 Å². The molecule has 1 saturated heterocycles. The van der Waals surface area contributed by atoms with Crippen LogP contribution in [0.15, 0.2) is 18.3 Å². The van der Waals surface area contributed by atoms with Crippen LogP contribution in [0.3, 0.4) is 0 Å². The van der Waals surface area contributed by atoms with Crippen molar-refractivity contribution in [3.8, 4) is 0 Å². The molecular formula is C14H21N3O2. The largest absolute Gasteiger partial charge is 0.380 e. The zero-order valence-corrected chi connectivity index (χ0v) is 11.6. The quantitative estimate of drug-likeness (QED) is 0.899. The van der Waals surface area contributed by atoms with Crippen LogP contribution in [0.5, 0.6) is 0 Å². The van der Waals surface area contributed by atoms with Crippen molar-refractivity contribution in [1.82, 2.24) is 9.88 Å². The van der Waals surface area contributed by atoms with Crippen molar-refractivity contribution in [3.05, 3.63) is 23.9 Å². The Morgan fingerprint density at radius 2 is 2.47 bits per heavy atom. The minimum Gasteiger partial charge on any atom is -0.380 e. The molecule has 19 heavy (non-hydrogen) atoms. The summed E-state index contributed by atoms with van der Waals surface area (Å²) in [5, 5.41) is 3.13. The molecule has 0 radical (unpaired) electrons. The van der Waals surface area contributed by atoms with Crippen molar-refractivity contribution in [2.75, 3.05) is 32.1 Å². The first-order valence-corrected chi connectivity index (χ1v) is 6.77. The summed E-state index contributed by atoms with van der Waals surface area (Å²) < 4.78 is 5.36. The second-order valence-corrected chi connectivity index (χ2v) is 4.68. The average molecular weight is 263 g/mol. The summed E-state index contributed by atoms with van der Waals surface area (Å²) in [6, 6.07) is 3.62. The first kappa shape index (κ1) is 13.8. The lowest BCUT2D eigenvalue weighted by molar-refractivity contribution is 0.0269. The van der Waals surface area contributed by atoms with Gasteiger partial charge >= 0.3 is 0 Å². The van der Waals surface area contributed by atoms with Crippen LogP contribution >= 0.6 is 0 Å². The number of pyridine rings is 1. The van der Waals surface area contributed by atoms with Gasteiger partial charge in [-0.3, -0.25) is 4.79 Å². The normalized spacial score (nSPS) is 19.3. The molecule has 1 fully saturated rings. The fraction of sp³-hybridized carbons (Fsp3) is 0.571. The number of nitrogens with zero attached hydrogens (tertiary/aromatic N) is 2. The van der Waals surface area contributed by atoms with Gasteiger partial charge in [-0.2, -0.15) is 0 Å². The zero-order valence-electron chi connectivity index (χ0n) is 11.6. The van der Waals surface area contributed by atoms with Gasteiger partial charge < -0.3 is 15.0 Å². The number of hydrogen-bond donors (Lipinski definition) is 1. The maximum absolute atomic E-state index is 12.5. The molecule has 1 aromatic heterocycles. The van der Waals surface area contributed by atoms with E-state index in [0.717, 1.165) is 25.9 Å². The van der Waals surface area contributed by atoms with Crippen molar-refractivity contribution in [2.45, 2.75) is 25.9 Å². The summed E-state index contributed by atoms with van der Waals surface area (Å²) in [7, 11) is 1.70. The summed E-state index contributed by atoms with van der Waals surface area (Å²) in [5.41, 5.74) is 0.640. The number of ether oxygens (including phenoxy) is 1. The molecule has 0 aliphatic carbocycles. The first-order valence-electron chi connectivity index (χ1n) is 6.77. The Hall–Kier alpha value is -1.62. The third kappa shape index (κ3) is 3.23. The number of anilines is 1. The van der Waals surface area contributed by atoms with Gasteiger partial charge in [0, 0.05) is 32.9 Å². The van der Waals surface area contributed by atoms with E-state index in [-0.39, 0.29) is 12.0 Å². The molecule has 2 heterocycles. The van der Waals surface area contributed by atoms with Gasteiger partial charge in [0.15, 0.2) is 0 Å². The van der Waals surface area contributed by atoms with E-state index in [0.29, 0.717) is 17.9 Å². The highest BCUT2D eigenvalue weighted by molar-refractivity contribution is 5.98. The summed E-state index contributed by atoms with van der Waals surface area (Å²) in [6.07, 6.45) is 3.86. The average Bonchev–Trinajstić information content (AvgIpc) is 2.47. The van der Waals surface area contributed by atoms with E-state index < -0.39 is 0 Å². The number of carbonyl (C=O) groups is 1. The molecule has 0 spiro atoms. The Balaban J connectivity index is 2.14. The molecule has 1 aromatic rings. The Bertz CT molecular complexity index is 436. The Labute approximate surface area is 114 Å². The first-order chi connectivity index (χ1) is 9.26. The van der Waals surface area contributed by atoms with Gasteiger partial charge in [0.25, 0.3) is 5.91 Å². The SMILES string of the molecule is CCNc1ncccc1C(=O)N1CCCC(OC)C1. The smallest absolute Gasteiger partial charge is 0.257 e. The fourth-order valence-electron chi connectivity index (χ4n) is 2.37. The van der Waals surface area contributed by atoms with Crippen LogP contribution < -0.4 is 5.32 Å². The van der Waals surface area contributed by atoms with Gasteiger partial charge in [-0.25, -0.2) is 4.98 Å². The molecule has 1 aliphatic heterocycles. The van der Waals surface area contributed by atoms with E-state index in [2.05, 4.69) is 10.3 Å². The third-order valence-corrected chi connectivity index (χ3v) is 3.38. The van der Waals surface area contributed by atoms with Crippen molar-refractivity contribution < 1.29 is 9.53 Å². The second-order valence-electron chi connectivity index (χ2n) is 4.68. The van der Waals surface area contributed by atoms with Gasteiger partial charge in [-0.05, 0) is 31.9 Å². The molecule has 1 amide bonds. The van der Waals surface area contributed by atoms with Gasteiger partial charge in [-0.1, -0.05) is 0 Å². The van der Waals surface area contributed by atoms with Crippen molar-refractivity contribution in [2.24, 2.45) is 0 Å². The lowest BCUT2D eigenvalue weighted by Gasteiger charge is -2.32. The molecule has 1 N–H and O–H groups in total. The maximum atomic E-state index is 12.5. The van der Waals surface area contributed by atoms with Crippen LogP contribution in [0.4, 0.5) is 5.82 Å². The predicted octanol–water partition coefficient (Wildman–Crippen LogP) is 1.76.